The topological polar surface area (TPSA) is 101 Å². The molecule has 0 fully saturated rings. The number of para-hydroxylation sites is 2. The average molecular weight is 418 g/mol. The van der Waals surface area contributed by atoms with E-state index in [1.54, 1.807) is 17.4 Å². The third kappa shape index (κ3) is 5.20. The lowest BCUT2D eigenvalue weighted by Gasteiger charge is -2.06. The van der Waals surface area contributed by atoms with Gasteiger partial charge >= 0.3 is 0 Å². The maximum absolute atomic E-state index is 12.2. The zero-order chi connectivity index (χ0) is 20.1. The number of thioether (sulfide) groups is 1. The van der Waals surface area contributed by atoms with Crippen molar-refractivity contribution in [3.8, 4) is 0 Å². The number of nitrogens with zero attached hydrogens (tertiary/aromatic N) is 1. The molecule has 0 aliphatic heterocycles. The highest BCUT2D eigenvalue weighted by Gasteiger charge is 2.14. The highest BCUT2D eigenvalue weighted by molar-refractivity contribution is 7.99. The van der Waals surface area contributed by atoms with E-state index in [2.05, 4.69) is 15.8 Å². The van der Waals surface area contributed by atoms with Crippen LogP contribution in [0.1, 0.15) is 33.0 Å². The molecule has 0 atom stereocenters. The van der Waals surface area contributed by atoms with Gasteiger partial charge in [-0.25, -0.2) is 4.98 Å². The molecule has 0 bridgehead atoms. The number of hydrogen-bond donors (Lipinski definition) is 2. The molecule has 28 heavy (non-hydrogen) atoms. The van der Waals surface area contributed by atoms with Gasteiger partial charge in [0.1, 0.15) is 5.52 Å². The van der Waals surface area contributed by atoms with Crippen molar-refractivity contribution in [2.24, 2.45) is 0 Å². The first-order valence-electron chi connectivity index (χ1n) is 8.58. The van der Waals surface area contributed by atoms with E-state index >= 15 is 0 Å². The summed E-state index contributed by atoms with van der Waals surface area (Å²) in [5.41, 5.74) is 6.68. The van der Waals surface area contributed by atoms with Gasteiger partial charge in [0, 0.05) is 28.2 Å². The number of aryl methyl sites for hydroxylation is 2. The van der Waals surface area contributed by atoms with Gasteiger partial charge < -0.3 is 4.42 Å². The lowest BCUT2D eigenvalue weighted by molar-refractivity contribution is -0.127. The number of Topliss-reactive ketones (excluding diaryl/α,β-unsaturated/α-hetero) is 1. The normalized spacial score (nSPS) is 10.8. The summed E-state index contributed by atoms with van der Waals surface area (Å²) >= 11 is 2.69. The molecule has 7 nitrogen and oxygen atoms in total. The third-order valence-corrected chi connectivity index (χ3v) is 5.66. The molecule has 0 radical (unpaired) electrons. The molecule has 0 aliphatic carbocycles. The van der Waals surface area contributed by atoms with Crippen LogP contribution in [0.25, 0.3) is 11.1 Å². The van der Waals surface area contributed by atoms with Crippen LogP contribution in [0, 0.1) is 13.8 Å². The number of ketones is 1. The highest BCUT2D eigenvalue weighted by Crippen LogP contribution is 2.23. The fourth-order valence-corrected chi connectivity index (χ4v) is 4.13. The minimum absolute atomic E-state index is 0.00567. The molecule has 1 aromatic carbocycles. The first kappa shape index (κ1) is 20.1. The SMILES string of the molecule is Cc1cc(C(=O)CCC(=O)NNC(=O)CSc2nc3ccccc3o2)c(C)s1. The van der Waals surface area contributed by atoms with Crippen molar-refractivity contribution in [3.63, 3.8) is 0 Å². The molecule has 0 aliphatic rings. The van der Waals surface area contributed by atoms with Gasteiger partial charge in [-0.15, -0.1) is 11.3 Å². The van der Waals surface area contributed by atoms with Crippen LogP contribution in [0.3, 0.4) is 0 Å². The van der Waals surface area contributed by atoms with Crippen molar-refractivity contribution < 1.29 is 18.8 Å². The Morgan fingerprint density at radius 1 is 1.11 bits per heavy atom. The van der Waals surface area contributed by atoms with Crippen LogP contribution in [-0.4, -0.2) is 28.3 Å². The molecule has 2 amide bonds. The maximum Gasteiger partial charge on any atom is 0.257 e. The van der Waals surface area contributed by atoms with Gasteiger partial charge in [-0.3, -0.25) is 25.2 Å². The molecule has 3 rings (SSSR count). The molecule has 9 heteroatoms. The smallest absolute Gasteiger partial charge is 0.257 e. The molecule has 2 N–H and O–H groups in total. The standard InChI is InChI=1S/C19H19N3O4S2/c1-11-9-13(12(2)28-11)15(23)7-8-17(24)21-22-18(25)10-27-19-20-14-5-3-4-6-16(14)26-19/h3-6,9H,7-8,10H2,1-2H3,(H,21,24)(H,22,25). The summed E-state index contributed by atoms with van der Waals surface area (Å²) in [5, 5.41) is 0.384. The van der Waals surface area contributed by atoms with Gasteiger partial charge in [-0.1, -0.05) is 23.9 Å². The van der Waals surface area contributed by atoms with E-state index in [4.69, 9.17) is 4.42 Å². The number of carbonyl (C=O) groups excluding carboxylic acids is 3. The fourth-order valence-electron chi connectivity index (χ4n) is 2.55. The minimum atomic E-state index is -0.418. The number of oxazole rings is 1. The summed E-state index contributed by atoms with van der Waals surface area (Å²) < 4.78 is 5.51. The molecule has 3 aromatic rings. The summed E-state index contributed by atoms with van der Waals surface area (Å²) in [7, 11) is 0. The monoisotopic (exact) mass is 417 g/mol. The van der Waals surface area contributed by atoms with E-state index in [1.807, 2.05) is 38.1 Å². The summed E-state index contributed by atoms with van der Waals surface area (Å²) in [6, 6.07) is 9.16. The number of benzene rings is 1. The van der Waals surface area contributed by atoms with E-state index in [9.17, 15) is 14.4 Å². The van der Waals surface area contributed by atoms with E-state index in [0.717, 1.165) is 27.0 Å². The molecule has 0 spiro atoms. The van der Waals surface area contributed by atoms with Crippen LogP contribution < -0.4 is 10.9 Å². The largest absolute Gasteiger partial charge is 0.431 e. The van der Waals surface area contributed by atoms with Crippen molar-refractivity contribution in [2.45, 2.75) is 31.9 Å². The Kier molecular flexibility index (Phi) is 6.48. The summed E-state index contributed by atoms with van der Waals surface area (Å²) in [4.78, 5) is 42.2. The zero-order valence-corrected chi connectivity index (χ0v) is 17.0. The van der Waals surface area contributed by atoms with Crippen LogP contribution in [0.2, 0.25) is 0 Å². The Bertz CT molecular complexity index is 992. The second-order valence-electron chi connectivity index (χ2n) is 6.08. The molecule has 146 valence electrons. The van der Waals surface area contributed by atoms with Crippen molar-refractivity contribution in [2.75, 3.05) is 5.75 Å². The quantitative estimate of drug-likeness (QED) is 0.347. The number of aromatic nitrogens is 1. The van der Waals surface area contributed by atoms with Gasteiger partial charge in [0.2, 0.25) is 11.8 Å². The van der Waals surface area contributed by atoms with Crippen LogP contribution in [-0.2, 0) is 9.59 Å². The van der Waals surface area contributed by atoms with Gasteiger partial charge in [0.05, 0.1) is 5.75 Å². The van der Waals surface area contributed by atoms with E-state index < -0.39 is 11.8 Å². The number of thiophene rings is 1. The zero-order valence-electron chi connectivity index (χ0n) is 15.4. The van der Waals surface area contributed by atoms with Gasteiger partial charge in [0.25, 0.3) is 5.22 Å². The number of amides is 2. The van der Waals surface area contributed by atoms with E-state index in [0.29, 0.717) is 16.4 Å². The Balaban J connectivity index is 1.38. The van der Waals surface area contributed by atoms with Gasteiger partial charge in [-0.2, -0.15) is 0 Å². The van der Waals surface area contributed by atoms with Crippen LogP contribution >= 0.6 is 23.1 Å². The lowest BCUT2D eigenvalue weighted by Crippen LogP contribution is -2.42. The molecular formula is C19H19N3O4S2. The van der Waals surface area contributed by atoms with Gasteiger partial charge in [-0.05, 0) is 32.0 Å². The van der Waals surface area contributed by atoms with Crippen LogP contribution in [0.5, 0.6) is 0 Å². The molecule has 2 heterocycles. The fraction of sp³-hybridized carbons (Fsp3) is 0.263. The Hall–Kier alpha value is -2.65. The summed E-state index contributed by atoms with van der Waals surface area (Å²) in [6.07, 6.45) is 0.0993. The first-order valence-corrected chi connectivity index (χ1v) is 10.4. The van der Waals surface area contributed by atoms with E-state index in [1.165, 1.54) is 0 Å². The lowest BCUT2D eigenvalue weighted by atomic mass is 10.1. The molecule has 0 saturated heterocycles. The number of fused-ring (bicyclic) bond motifs is 1. The molecule has 2 aromatic heterocycles. The second-order valence-corrected chi connectivity index (χ2v) is 8.47. The minimum Gasteiger partial charge on any atom is -0.431 e. The number of hydrogen-bond acceptors (Lipinski definition) is 7. The van der Waals surface area contributed by atoms with Crippen LogP contribution in [0.4, 0.5) is 0 Å². The molecule has 0 unspecified atom stereocenters. The Morgan fingerprint density at radius 3 is 2.57 bits per heavy atom. The van der Waals surface area contributed by atoms with Crippen molar-refractivity contribution in [3.05, 3.63) is 45.6 Å². The van der Waals surface area contributed by atoms with E-state index in [-0.39, 0.29) is 24.4 Å². The Labute approximate surface area is 169 Å². The number of carbonyl (C=O) groups is 3. The predicted molar refractivity (Wildman–Crippen MR) is 108 cm³/mol. The molecule has 0 saturated carbocycles. The summed E-state index contributed by atoms with van der Waals surface area (Å²) in [6.45, 7) is 3.83. The third-order valence-electron chi connectivity index (χ3n) is 3.86. The van der Waals surface area contributed by atoms with Crippen molar-refractivity contribution >= 4 is 51.8 Å². The number of rotatable bonds is 7. The predicted octanol–water partition coefficient (Wildman–Crippen LogP) is 3.41. The summed E-state index contributed by atoms with van der Waals surface area (Å²) in [5.74, 6) is -0.844. The maximum atomic E-state index is 12.2. The number of hydrazine groups is 1. The first-order chi connectivity index (χ1) is 13.4. The highest BCUT2D eigenvalue weighted by atomic mass is 32.2. The molecular weight excluding hydrogens is 398 g/mol. The number of nitrogens with one attached hydrogen (secondary N) is 2. The average Bonchev–Trinajstić information content (AvgIpc) is 3.24. The van der Waals surface area contributed by atoms with Crippen LogP contribution in [0.15, 0.2) is 40.0 Å². The second kappa shape index (κ2) is 9.03. The van der Waals surface area contributed by atoms with Crippen molar-refractivity contribution in [1.29, 1.82) is 0 Å². The van der Waals surface area contributed by atoms with Crippen molar-refractivity contribution in [1.82, 2.24) is 15.8 Å². The van der Waals surface area contributed by atoms with Gasteiger partial charge in [0.15, 0.2) is 11.4 Å². The Morgan fingerprint density at radius 2 is 1.86 bits per heavy atom.